The minimum absolute atomic E-state index is 0.0918. The third kappa shape index (κ3) is 3.79. The smallest absolute Gasteiger partial charge is 0.313 e. The van der Waals surface area contributed by atoms with Gasteiger partial charge in [-0.3, -0.25) is 24.7 Å². The topological polar surface area (TPSA) is 111 Å². The standard InChI is InChI=1S/C20H24FN3O6/c1-11-17-18(26)23(5)15(9-16(25)30-19(2,3)4)22-20(17,10-29-11)13-8-12(24(27)28)6-7-14(13)21/h6-8,11,17H,9-10H2,1-5H3/t11-,17+,20-/m1/s1. The molecule has 9 nitrogen and oxygen atoms in total. The van der Waals surface area contributed by atoms with E-state index in [0.29, 0.717) is 0 Å². The van der Waals surface area contributed by atoms with Crippen LogP contribution in [0.3, 0.4) is 0 Å². The van der Waals surface area contributed by atoms with Crippen molar-refractivity contribution in [1.82, 2.24) is 4.90 Å². The predicted molar refractivity (Wildman–Crippen MR) is 104 cm³/mol. The van der Waals surface area contributed by atoms with Crippen LogP contribution in [0.1, 0.15) is 39.7 Å². The summed E-state index contributed by atoms with van der Waals surface area (Å²) in [6.07, 6.45) is -0.899. The fourth-order valence-corrected chi connectivity index (χ4v) is 3.91. The minimum Gasteiger partial charge on any atom is -0.460 e. The van der Waals surface area contributed by atoms with Crippen LogP contribution in [0.4, 0.5) is 10.1 Å². The number of esters is 1. The van der Waals surface area contributed by atoms with E-state index in [1.54, 1.807) is 27.7 Å². The second kappa shape index (κ2) is 7.42. The first-order chi connectivity index (χ1) is 13.9. The Hall–Kier alpha value is -2.88. The Labute approximate surface area is 173 Å². The first kappa shape index (κ1) is 21.8. The number of fused-ring (bicyclic) bond motifs is 1. The Bertz CT molecular complexity index is 941. The third-order valence-electron chi connectivity index (χ3n) is 5.21. The van der Waals surface area contributed by atoms with Gasteiger partial charge in [-0.15, -0.1) is 0 Å². The number of hydrogen-bond acceptors (Lipinski definition) is 7. The van der Waals surface area contributed by atoms with Gasteiger partial charge in [-0.25, -0.2) is 4.39 Å². The van der Waals surface area contributed by atoms with Crippen LogP contribution in [-0.2, 0) is 24.6 Å². The molecule has 0 spiro atoms. The summed E-state index contributed by atoms with van der Waals surface area (Å²) >= 11 is 0. The van der Waals surface area contributed by atoms with Crippen LogP contribution in [0, 0.1) is 21.8 Å². The largest absolute Gasteiger partial charge is 0.460 e. The molecular formula is C20H24FN3O6. The summed E-state index contributed by atoms with van der Waals surface area (Å²) in [6, 6.07) is 3.11. The highest BCUT2D eigenvalue weighted by molar-refractivity contribution is 6.08. The number of benzene rings is 1. The highest BCUT2D eigenvalue weighted by atomic mass is 19.1. The Kier molecular flexibility index (Phi) is 5.40. The lowest BCUT2D eigenvalue weighted by Crippen LogP contribution is -2.54. The van der Waals surface area contributed by atoms with Gasteiger partial charge >= 0.3 is 5.97 Å². The summed E-state index contributed by atoms with van der Waals surface area (Å²) in [5.74, 6) is -2.53. The van der Waals surface area contributed by atoms with Gasteiger partial charge in [0.2, 0.25) is 5.91 Å². The molecule has 3 atom stereocenters. The first-order valence-corrected chi connectivity index (χ1v) is 9.50. The Morgan fingerprint density at radius 2 is 2.13 bits per heavy atom. The number of amidine groups is 1. The summed E-state index contributed by atoms with van der Waals surface area (Å²) in [4.78, 5) is 41.9. The molecule has 1 saturated heterocycles. The molecule has 30 heavy (non-hydrogen) atoms. The number of hydrogen-bond donors (Lipinski definition) is 0. The minimum atomic E-state index is -1.50. The molecule has 0 unspecified atom stereocenters. The van der Waals surface area contributed by atoms with Crippen molar-refractivity contribution in [2.75, 3.05) is 13.7 Å². The van der Waals surface area contributed by atoms with Crippen LogP contribution in [0.25, 0.3) is 0 Å². The van der Waals surface area contributed by atoms with E-state index < -0.39 is 45.8 Å². The number of aliphatic imine (C=N–C) groups is 1. The van der Waals surface area contributed by atoms with Crippen molar-refractivity contribution in [2.24, 2.45) is 10.9 Å². The lowest BCUT2D eigenvalue weighted by atomic mass is 9.76. The third-order valence-corrected chi connectivity index (χ3v) is 5.21. The summed E-state index contributed by atoms with van der Waals surface area (Å²) in [5.41, 5.74) is -2.66. The highest BCUT2D eigenvalue weighted by Gasteiger charge is 2.58. The lowest BCUT2D eigenvalue weighted by molar-refractivity contribution is -0.385. The van der Waals surface area contributed by atoms with Crippen LogP contribution < -0.4 is 0 Å². The number of ether oxygens (including phenoxy) is 2. The van der Waals surface area contributed by atoms with Gasteiger partial charge in [0.05, 0.1) is 23.6 Å². The van der Waals surface area contributed by atoms with E-state index in [0.717, 1.165) is 18.2 Å². The summed E-state index contributed by atoms with van der Waals surface area (Å²) in [6.45, 7) is 6.66. The van der Waals surface area contributed by atoms with Crippen molar-refractivity contribution in [1.29, 1.82) is 0 Å². The van der Waals surface area contributed by atoms with Gasteiger partial charge < -0.3 is 14.4 Å². The summed E-state index contributed by atoms with van der Waals surface area (Å²) in [7, 11) is 1.48. The molecular weight excluding hydrogens is 397 g/mol. The monoisotopic (exact) mass is 421 g/mol. The molecule has 3 rings (SSSR count). The second-order valence-electron chi connectivity index (χ2n) is 8.53. The van der Waals surface area contributed by atoms with Gasteiger partial charge in [-0.2, -0.15) is 0 Å². The molecule has 0 bridgehead atoms. The Morgan fingerprint density at radius 1 is 1.47 bits per heavy atom. The number of carbonyl (C=O) groups is 2. The molecule has 0 aromatic heterocycles. The average molecular weight is 421 g/mol. The van der Waals surface area contributed by atoms with E-state index in [4.69, 9.17) is 9.47 Å². The van der Waals surface area contributed by atoms with Gasteiger partial charge in [0.15, 0.2) is 0 Å². The quantitative estimate of drug-likeness (QED) is 0.420. The summed E-state index contributed by atoms with van der Waals surface area (Å²) in [5, 5.41) is 11.2. The van der Waals surface area contributed by atoms with E-state index in [9.17, 15) is 24.1 Å². The number of non-ortho nitro benzene ring substituents is 1. The zero-order valence-electron chi connectivity index (χ0n) is 17.5. The molecule has 0 saturated carbocycles. The van der Waals surface area contributed by atoms with Crippen molar-refractivity contribution in [2.45, 2.75) is 51.4 Å². The number of nitro benzene ring substituents is 1. The van der Waals surface area contributed by atoms with E-state index in [1.807, 2.05) is 0 Å². The maximum Gasteiger partial charge on any atom is 0.313 e. The fourth-order valence-electron chi connectivity index (χ4n) is 3.91. The molecule has 1 fully saturated rings. The van der Waals surface area contributed by atoms with Gasteiger partial charge in [0, 0.05) is 24.7 Å². The number of amides is 1. The summed E-state index contributed by atoms with van der Waals surface area (Å²) < 4.78 is 25.8. The van der Waals surface area contributed by atoms with Crippen LogP contribution in [0.5, 0.6) is 0 Å². The lowest BCUT2D eigenvalue weighted by Gasteiger charge is -2.39. The second-order valence-corrected chi connectivity index (χ2v) is 8.53. The average Bonchev–Trinajstić information content (AvgIpc) is 2.95. The van der Waals surface area contributed by atoms with E-state index in [-0.39, 0.29) is 30.1 Å². The molecule has 2 heterocycles. The van der Waals surface area contributed by atoms with Gasteiger partial charge in [-0.05, 0) is 33.8 Å². The maximum absolute atomic E-state index is 14.8. The zero-order valence-corrected chi connectivity index (χ0v) is 17.5. The predicted octanol–water partition coefficient (Wildman–Crippen LogP) is 2.57. The van der Waals surface area contributed by atoms with Gasteiger partial charge in [0.1, 0.15) is 29.2 Å². The molecule has 2 aliphatic rings. The van der Waals surface area contributed by atoms with Crippen LogP contribution in [0.15, 0.2) is 23.2 Å². The number of rotatable bonds is 4. The first-order valence-electron chi connectivity index (χ1n) is 9.50. The molecule has 162 valence electrons. The van der Waals surface area contributed by atoms with Crippen LogP contribution in [-0.4, -0.2) is 52.9 Å². The number of nitrogens with zero attached hydrogens (tertiary/aromatic N) is 3. The van der Waals surface area contributed by atoms with Crippen molar-refractivity contribution in [3.8, 4) is 0 Å². The number of nitro groups is 1. The Morgan fingerprint density at radius 3 is 2.73 bits per heavy atom. The van der Waals surface area contributed by atoms with Crippen molar-refractivity contribution >= 4 is 23.4 Å². The molecule has 2 aliphatic heterocycles. The van der Waals surface area contributed by atoms with Crippen molar-refractivity contribution in [3.05, 3.63) is 39.7 Å². The van der Waals surface area contributed by atoms with Gasteiger partial charge in [-0.1, -0.05) is 0 Å². The van der Waals surface area contributed by atoms with E-state index in [2.05, 4.69) is 4.99 Å². The molecule has 0 radical (unpaired) electrons. The molecule has 1 amide bonds. The zero-order chi connectivity index (χ0) is 22.4. The normalized spacial score (nSPS) is 26.3. The Balaban J connectivity index is 2.13. The van der Waals surface area contributed by atoms with Crippen LogP contribution in [0.2, 0.25) is 0 Å². The number of carbonyl (C=O) groups excluding carboxylic acids is 2. The maximum atomic E-state index is 14.8. The van der Waals surface area contributed by atoms with E-state index in [1.165, 1.54) is 11.9 Å². The van der Waals surface area contributed by atoms with Gasteiger partial charge in [0.25, 0.3) is 5.69 Å². The van der Waals surface area contributed by atoms with Crippen molar-refractivity contribution in [3.63, 3.8) is 0 Å². The van der Waals surface area contributed by atoms with Crippen molar-refractivity contribution < 1.29 is 28.4 Å². The molecule has 10 heteroatoms. The van der Waals surface area contributed by atoms with E-state index >= 15 is 0 Å². The molecule has 1 aromatic rings. The number of halogens is 1. The SMILES string of the molecule is C[C@H]1OC[C@]2(c3cc([N+](=O)[O-])ccc3F)N=C(CC(=O)OC(C)(C)C)N(C)C(=O)[C@H]12. The van der Waals surface area contributed by atoms with Crippen LogP contribution >= 0.6 is 0 Å². The molecule has 0 N–H and O–H groups in total. The highest BCUT2D eigenvalue weighted by Crippen LogP contribution is 2.47. The molecule has 0 aliphatic carbocycles. The fraction of sp³-hybridized carbons (Fsp3) is 0.550. The molecule has 1 aromatic carbocycles.